The fourth-order valence-corrected chi connectivity index (χ4v) is 4.75. The van der Waals surface area contributed by atoms with Crippen molar-refractivity contribution in [3.63, 3.8) is 0 Å². The minimum atomic E-state index is -0.748. The first-order valence-corrected chi connectivity index (χ1v) is 9.86. The average molecular weight is 354 g/mol. The second kappa shape index (κ2) is 6.86. The number of carbonyl (C=O) groups is 3. The van der Waals surface area contributed by atoms with Crippen molar-refractivity contribution in [1.29, 1.82) is 0 Å². The smallest absolute Gasteiger partial charge is 0.323 e. The van der Waals surface area contributed by atoms with E-state index in [1.807, 2.05) is 24.3 Å². The van der Waals surface area contributed by atoms with E-state index in [0.29, 0.717) is 24.3 Å². The Bertz CT molecular complexity index is 713. The van der Waals surface area contributed by atoms with Gasteiger partial charge in [-0.05, 0) is 37.2 Å². The van der Waals surface area contributed by atoms with Crippen molar-refractivity contribution in [2.24, 2.45) is 0 Å². The summed E-state index contributed by atoms with van der Waals surface area (Å²) in [6.45, 7) is -0.171. The molecule has 0 bridgehead atoms. The Balaban J connectivity index is 1.43. The zero-order valence-corrected chi connectivity index (χ0v) is 15.1. The lowest BCUT2D eigenvalue weighted by Gasteiger charge is -2.22. The van der Waals surface area contributed by atoms with Gasteiger partial charge in [0.25, 0.3) is 5.91 Å². The zero-order chi connectivity index (χ0) is 18.1. The van der Waals surface area contributed by atoms with E-state index in [2.05, 4.69) is 5.32 Å². The van der Waals surface area contributed by atoms with Gasteiger partial charge < -0.3 is 5.32 Å². The molecule has 0 aromatic heterocycles. The SMILES string of the molecule is O=C(CN1C(=O)NC2(CCCC2)C1=O)c1ccc(C2CCCCC2)cc1. The van der Waals surface area contributed by atoms with Gasteiger partial charge in [0.2, 0.25) is 0 Å². The summed E-state index contributed by atoms with van der Waals surface area (Å²) in [5.41, 5.74) is 1.11. The highest BCUT2D eigenvalue weighted by molar-refractivity contribution is 6.11. The number of hydrogen-bond acceptors (Lipinski definition) is 3. The lowest BCUT2D eigenvalue weighted by Crippen LogP contribution is -2.44. The van der Waals surface area contributed by atoms with E-state index in [4.69, 9.17) is 0 Å². The number of urea groups is 1. The molecule has 1 aromatic rings. The second-order valence-electron chi connectivity index (χ2n) is 7.99. The Morgan fingerprint density at radius 1 is 1.00 bits per heavy atom. The monoisotopic (exact) mass is 354 g/mol. The van der Waals surface area contributed by atoms with Gasteiger partial charge in [0.1, 0.15) is 5.54 Å². The quantitative estimate of drug-likeness (QED) is 0.661. The van der Waals surface area contributed by atoms with Gasteiger partial charge in [-0.1, -0.05) is 56.4 Å². The standard InChI is InChI=1S/C21H26N2O3/c24-18(14-23-19(25)21(22-20(23)26)12-4-5-13-21)17-10-8-16(9-11-17)15-6-2-1-3-7-15/h8-11,15H,1-7,12-14H2,(H,22,26). The summed E-state index contributed by atoms with van der Waals surface area (Å²) in [6, 6.07) is 7.33. The van der Waals surface area contributed by atoms with Crippen LogP contribution in [0.2, 0.25) is 0 Å². The van der Waals surface area contributed by atoms with Crippen molar-refractivity contribution in [2.75, 3.05) is 6.54 Å². The van der Waals surface area contributed by atoms with Crippen LogP contribution in [-0.2, 0) is 4.79 Å². The third-order valence-corrected chi connectivity index (χ3v) is 6.31. The Kier molecular flexibility index (Phi) is 4.55. The molecular formula is C21H26N2O3. The number of imide groups is 1. The maximum atomic E-state index is 12.7. The molecule has 2 saturated carbocycles. The minimum absolute atomic E-state index is 0.171. The fraction of sp³-hybridized carbons (Fsp3) is 0.571. The van der Waals surface area contributed by atoms with E-state index in [1.165, 1.54) is 37.7 Å². The molecule has 4 rings (SSSR count). The lowest BCUT2D eigenvalue weighted by molar-refractivity contribution is -0.130. The van der Waals surface area contributed by atoms with Crippen LogP contribution in [0.1, 0.15) is 79.6 Å². The number of benzene rings is 1. The van der Waals surface area contributed by atoms with Crippen molar-refractivity contribution in [3.8, 4) is 0 Å². The molecular weight excluding hydrogens is 328 g/mol. The molecule has 0 radical (unpaired) electrons. The molecule has 5 heteroatoms. The second-order valence-corrected chi connectivity index (χ2v) is 7.99. The summed E-state index contributed by atoms with van der Waals surface area (Å²) >= 11 is 0. The third-order valence-electron chi connectivity index (χ3n) is 6.31. The molecule has 1 aliphatic heterocycles. The summed E-state index contributed by atoms with van der Waals surface area (Å²) in [5, 5.41) is 2.82. The first kappa shape index (κ1) is 17.3. The van der Waals surface area contributed by atoms with Crippen LogP contribution in [0.4, 0.5) is 4.79 Å². The number of hydrogen-bond donors (Lipinski definition) is 1. The van der Waals surface area contributed by atoms with Gasteiger partial charge in [-0.2, -0.15) is 0 Å². The van der Waals surface area contributed by atoms with E-state index < -0.39 is 11.6 Å². The molecule has 1 N–H and O–H groups in total. The molecule has 2 aliphatic carbocycles. The van der Waals surface area contributed by atoms with Gasteiger partial charge >= 0.3 is 6.03 Å². The van der Waals surface area contributed by atoms with Crippen molar-refractivity contribution < 1.29 is 14.4 Å². The Morgan fingerprint density at radius 2 is 1.65 bits per heavy atom. The van der Waals surface area contributed by atoms with Crippen LogP contribution < -0.4 is 5.32 Å². The highest BCUT2D eigenvalue weighted by Gasteiger charge is 2.52. The van der Waals surface area contributed by atoms with E-state index in [-0.39, 0.29) is 18.2 Å². The van der Waals surface area contributed by atoms with Crippen LogP contribution in [0.25, 0.3) is 0 Å². The van der Waals surface area contributed by atoms with Crippen LogP contribution in [-0.4, -0.2) is 34.7 Å². The first-order valence-electron chi connectivity index (χ1n) is 9.86. The van der Waals surface area contributed by atoms with Crippen LogP contribution in [0.5, 0.6) is 0 Å². The summed E-state index contributed by atoms with van der Waals surface area (Å²) < 4.78 is 0. The Morgan fingerprint density at radius 3 is 2.31 bits per heavy atom. The summed E-state index contributed by atoms with van der Waals surface area (Å²) in [7, 11) is 0. The predicted octanol–water partition coefficient (Wildman–Crippen LogP) is 3.78. The van der Waals surface area contributed by atoms with Crippen LogP contribution >= 0.6 is 0 Å². The van der Waals surface area contributed by atoms with E-state index >= 15 is 0 Å². The fourth-order valence-electron chi connectivity index (χ4n) is 4.75. The van der Waals surface area contributed by atoms with Crippen molar-refractivity contribution in [3.05, 3.63) is 35.4 Å². The van der Waals surface area contributed by atoms with Crippen LogP contribution in [0.3, 0.4) is 0 Å². The number of amides is 3. The minimum Gasteiger partial charge on any atom is -0.323 e. The molecule has 1 spiro atoms. The highest BCUT2D eigenvalue weighted by Crippen LogP contribution is 2.35. The number of nitrogens with one attached hydrogen (secondary N) is 1. The maximum absolute atomic E-state index is 12.7. The number of carbonyl (C=O) groups excluding carboxylic acids is 3. The molecule has 5 nitrogen and oxygen atoms in total. The number of ketones is 1. The summed E-state index contributed by atoms with van der Waals surface area (Å²) in [6.07, 6.45) is 9.55. The highest BCUT2D eigenvalue weighted by atomic mass is 16.2. The lowest BCUT2D eigenvalue weighted by atomic mass is 9.84. The van der Waals surface area contributed by atoms with Gasteiger partial charge in [-0.15, -0.1) is 0 Å². The van der Waals surface area contributed by atoms with Gasteiger partial charge in [0, 0.05) is 5.56 Å². The summed E-state index contributed by atoms with van der Waals surface area (Å²) in [4.78, 5) is 38.6. The normalized spacial score (nSPS) is 22.8. The van der Waals surface area contributed by atoms with Crippen LogP contribution in [0.15, 0.2) is 24.3 Å². The number of Topliss-reactive ketones (excluding diaryl/α,β-unsaturated/α-hetero) is 1. The third kappa shape index (κ3) is 3.04. The predicted molar refractivity (Wildman–Crippen MR) is 98.0 cm³/mol. The number of rotatable bonds is 4. The average Bonchev–Trinajstić information content (AvgIpc) is 3.23. The van der Waals surface area contributed by atoms with E-state index in [9.17, 15) is 14.4 Å². The maximum Gasteiger partial charge on any atom is 0.325 e. The molecule has 0 unspecified atom stereocenters. The first-order chi connectivity index (χ1) is 12.6. The van der Waals surface area contributed by atoms with Gasteiger partial charge in [0.05, 0.1) is 6.54 Å². The zero-order valence-electron chi connectivity index (χ0n) is 15.1. The summed E-state index contributed by atoms with van der Waals surface area (Å²) in [5.74, 6) is 0.187. The molecule has 1 aromatic carbocycles. The van der Waals surface area contributed by atoms with Gasteiger partial charge in [0.15, 0.2) is 5.78 Å². The largest absolute Gasteiger partial charge is 0.325 e. The van der Waals surface area contributed by atoms with Crippen molar-refractivity contribution >= 4 is 17.7 Å². The van der Waals surface area contributed by atoms with Crippen LogP contribution in [0, 0.1) is 0 Å². The van der Waals surface area contributed by atoms with Gasteiger partial charge in [-0.3, -0.25) is 14.5 Å². The van der Waals surface area contributed by atoms with E-state index in [1.54, 1.807) is 0 Å². The number of nitrogens with zero attached hydrogens (tertiary/aromatic N) is 1. The van der Waals surface area contributed by atoms with Crippen molar-refractivity contribution in [1.82, 2.24) is 10.2 Å². The molecule has 3 aliphatic rings. The Hall–Kier alpha value is -2.17. The Labute approximate surface area is 154 Å². The molecule has 3 fully saturated rings. The molecule has 26 heavy (non-hydrogen) atoms. The molecule has 138 valence electrons. The molecule has 1 heterocycles. The molecule has 3 amide bonds. The molecule has 0 atom stereocenters. The van der Waals surface area contributed by atoms with Crippen molar-refractivity contribution in [2.45, 2.75) is 69.2 Å². The van der Waals surface area contributed by atoms with E-state index in [0.717, 1.165) is 17.7 Å². The molecule has 1 saturated heterocycles. The topological polar surface area (TPSA) is 66.5 Å². The van der Waals surface area contributed by atoms with Gasteiger partial charge in [-0.25, -0.2) is 4.79 Å².